The fourth-order valence-electron chi connectivity index (χ4n) is 0.794. The molecule has 66 valence electrons. The van der Waals surface area contributed by atoms with Crippen LogP contribution in [0.3, 0.4) is 0 Å². The standard InChI is InChI=1S/C7H15NO3/c1-7(2)5-3-4-6-11-8(9)10/h7H,3-6H2,1-2H3. The zero-order chi connectivity index (χ0) is 8.69. The SMILES string of the molecule is CC(C)CCCCO[N+](=O)[O-]. The highest BCUT2D eigenvalue weighted by molar-refractivity contribution is 4.44. The van der Waals surface area contributed by atoms with Gasteiger partial charge in [-0.1, -0.05) is 26.7 Å². The predicted octanol–water partition coefficient (Wildman–Crippen LogP) is 2.02. The summed E-state index contributed by atoms with van der Waals surface area (Å²) in [6.07, 6.45) is 2.89. The summed E-state index contributed by atoms with van der Waals surface area (Å²) in [5.74, 6) is 0.672. The number of hydrogen-bond acceptors (Lipinski definition) is 3. The molecule has 0 aliphatic heterocycles. The van der Waals surface area contributed by atoms with Crippen LogP contribution >= 0.6 is 0 Å². The lowest BCUT2D eigenvalue weighted by molar-refractivity contribution is -0.757. The van der Waals surface area contributed by atoms with E-state index in [-0.39, 0.29) is 6.61 Å². The summed E-state index contributed by atoms with van der Waals surface area (Å²) in [5.41, 5.74) is 0. The maximum atomic E-state index is 9.68. The maximum absolute atomic E-state index is 9.68. The Morgan fingerprint density at radius 2 is 2.09 bits per heavy atom. The molecule has 0 N–H and O–H groups in total. The lowest BCUT2D eigenvalue weighted by atomic mass is 10.1. The minimum absolute atomic E-state index is 0.236. The Kier molecular flexibility index (Phi) is 5.51. The molecule has 4 heteroatoms. The van der Waals surface area contributed by atoms with Gasteiger partial charge in [-0.15, -0.1) is 10.1 Å². The van der Waals surface area contributed by atoms with E-state index in [1.54, 1.807) is 0 Å². The molecule has 0 aromatic carbocycles. The van der Waals surface area contributed by atoms with Crippen molar-refractivity contribution >= 4 is 0 Å². The molecule has 0 fully saturated rings. The summed E-state index contributed by atoms with van der Waals surface area (Å²) >= 11 is 0. The van der Waals surface area contributed by atoms with E-state index in [4.69, 9.17) is 0 Å². The van der Waals surface area contributed by atoms with Gasteiger partial charge in [-0.2, -0.15) is 0 Å². The van der Waals surface area contributed by atoms with Gasteiger partial charge in [0.25, 0.3) is 5.09 Å². The van der Waals surface area contributed by atoms with E-state index >= 15 is 0 Å². The summed E-state index contributed by atoms with van der Waals surface area (Å²) in [6, 6.07) is 0. The highest BCUT2D eigenvalue weighted by atomic mass is 16.9. The van der Waals surface area contributed by atoms with Crippen molar-refractivity contribution in [1.82, 2.24) is 0 Å². The number of unbranched alkanes of at least 4 members (excludes halogenated alkanes) is 1. The Bertz CT molecular complexity index is 114. The molecule has 0 amide bonds. The second-order valence-corrected chi connectivity index (χ2v) is 2.95. The zero-order valence-electron chi connectivity index (χ0n) is 7.08. The van der Waals surface area contributed by atoms with Crippen LogP contribution in [0.1, 0.15) is 33.1 Å². The summed E-state index contributed by atoms with van der Waals surface area (Å²) < 4.78 is 0. The predicted molar refractivity (Wildman–Crippen MR) is 41.6 cm³/mol. The molecule has 0 spiro atoms. The van der Waals surface area contributed by atoms with Crippen LogP contribution in [-0.4, -0.2) is 11.7 Å². The van der Waals surface area contributed by atoms with Gasteiger partial charge in [-0.25, -0.2) is 0 Å². The van der Waals surface area contributed by atoms with Crippen molar-refractivity contribution in [2.75, 3.05) is 6.61 Å². The van der Waals surface area contributed by atoms with Gasteiger partial charge in [0.1, 0.15) is 0 Å². The Morgan fingerprint density at radius 3 is 2.55 bits per heavy atom. The van der Waals surface area contributed by atoms with Crippen LogP contribution < -0.4 is 0 Å². The van der Waals surface area contributed by atoms with Crippen LogP contribution in [-0.2, 0) is 4.84 Å². The van der Waals surface area contributed by atoms with E-state index in [1.165, 1.54) is 0 Å². The van der Waals surface area contributed by atoms with Gasteiger partial charge in [-0.05, 0) is 12.3 Å². The minimum atomic E-state index is -0.741. The summed E-state index contributed by atoms with van der Waals surface area (Å²) in [4.78, 5) is 13.8. The first kappa shape index (κ1) is 10.2. The van der Waals surface area contributed by atoms with Crippen molar-refractivity contribution in [2.45, 2.75) is 33.1 Å². The van der Waals surface area contributed by atoms with E-state index in [0.717, 1.165) is 19.3 Å². The number of nitrogens with zero attached hydrogens (tertiary/aromatic N) is 1. The van der Waals surface area contributed by atoms with Gasteiger partial charge in [0, 0.05) is 0 Å². The van der Waals surface area contributed by atoms with Crippen LogP contribution in [0.2, 0.25) is 0 Å². The fraction of sp³-hybridized carbons (Fsp3) is 1.00. The largest absolute Gasteiger partial charge is 0.314 e. The molecule has 0 aliphatic carbocycles. The van der Waals surface area contributed by atoms with Crippen LogP contribution in [0, 0.1) is 16.0 Å². The Morgan fingerprint density at radius 1 is 1.45 bits per heavy atom. The van der Waals surface area contributed by atoms with E-state index in [2.05, 4.69) is 18.7 Å². The second-order valence-electron chi connectivity index (χ2n) is 2.95. The van der Waals surface area contributed by atoms with Gasteiger partial charge in [-0.3, -0.25) is 0 Å². The van der Waals surface area contributed by atoms with Crippen molar-refractivity contribution < 1.29 is 9.92 Å². The molecule has 0 radical (unpaired) electrons. The Hall–Kier alpha value is -0.800. The van der Waals surface area contributed by atoms with E-state index < -0.39 is 5.09 Å². The highest BCUT2D eigenvalue weighted by Gasteiger charge is 1.96. The topological polar surface area (TPSA) is 52.4 Å². The fourth-order valence-corrected chi connectivity index (χ4v) is 0.794. The summed E-state index contributed by atoms with van der Waals surface area (Å²) in [5, 5.41) is 8.94. The van der Waals surface area contributed by atoms with Crippen molar-refractivity contribution in [3.05, 3.63) is 10.1 Å². The first-order chi connectivity index (χ1) is 5.13. The van der Waals surface area contributed by atoms with Gasteiger partial charge in [0.05, 0.1) is 6.61 Å². The quantitative estimate of drug-likeness (QED) is 0.340. The van der Waals surface area contributed by atoms with Crippen molar-refractivity contribution in [1.29, 1.82) is 0 Å². The van der Waals surface area contributed by atoms with Gasteiger partial charge >= 0.3 is 0 Å². The zero-order valence-corrected chi connectivity index (χ0v) is 7.08. The maximum Gasteiger partial charge on any atom is 0.294 e. The Balaban J connectivity index is 2.97. The monoisotopic (exact) mass is 161 g/mol. The number of hydrogen-bond donors (Lipinski definition) is 0. The third-order valence-electron chi connectivity index (χ3n) is 1.37. The third kappa shape index (κ3) is 9.20. The highest BCUT2D eigenvalue weighted by Crippen LogP contribution is 2.05. The minimum Gasteiger partial charge on any atom is -0.314 e. The Labute approximate surface area is 66.6 Å². The molecule has 0 unspecified atom stereocenters. The van der Waals surface area contributed by atoms with Crippen molar-refractivity contribution in [3.8, 4) is 0 Å². The lowest BCUT2D eigenvalue weighted by Crippen LogP contribution is -2.02. The first-order valence-electron chi connectivity index (χ1n) is 3.90. The van der Waals surface area contributed by atoms with Crippen LogP contribution in [0.5, 0.6) is 0 Å². The van der Waals surface area contributed by atoms with E-state index in [0.29, 0.717) is 5.92 Å². The van der Waals surface area contributed by atoms with Gasteiger partial charge in [0.15, 0.2) is 0 Å². The lowest BCUT2D eigenvalue weighted by Gasteiger charge is -2.02. The first-order valence-corrected chi connectivity index (χ1v) is 3.90. The average Bonchev–Trinajstić information content (AvgIpc) is 1.85. The molecule has 0 aliphatic rings. The van der Waals surface area contributed by atoms with Crippen LogP contribution in [0.25, 0.3) is 0 Å². The van der Waals surface area contributed by atoms with Crippen molar-refractivity contribution in [3.63, 3.8) is 0 Å². The molecule has 11 heavy (non-hydrogen) atoms. The summed E-state index contributed by atoms with van der Waals surface area (Å²) in [6.45, 7) is 4.50. The van der Waals surface area contributed by atoms with Crippen molar-refractivity contribution in [2.24, 2.45) is 5.92 Å². The molecular formula is C7H15NO3. The normalized spacial score (nSPS) is 10.1. The summed E-state index contributed by atoms with van der Waals surface area (Å²) in [7, 11) is 0. The molecule has 0 rings (SSSR count). The molecule has 0 aromatic heterocycles. The third-order valence-corrected chi connectivity index (χ3v) is 1.37. The molecule has 0 heterocycles. The second kappa shape index (κ2) is 5.95. The van der Waals surface area contributed by atoms with E-state index in [9.17, 15) is 10.1 Å². The molecule has 0 saturated heterocycles. The van der Waals surface area contributed by atoms with Crippen LogP contribution in [0.15, 0.2) is 0 Å². The van der Waals surface area contributed by atoms with E-state index in [1.807, 2.05) is 0 Å². The molecule has 0 saturated carbocycles. The molecular weight excluding hydrogens is 146 g/mol. The number of rotatable bonds is 6. The molecule has 0 bridgehead atoms. The average molecular weight is 161 g/mol. The molecule has 0 atom stereocenters. The van der Waals surface area contributed by atoms with Gasteiger partial charge in [0.2, 0.25) is 0 Å². The smallest absolute Gasteiger partial charge is 0.294 e. The van der Waals surface area contributed by atoms with Gasteiger partial charge < -0.3 is 4.84 Å². The van der Waals surface area contributed by atoms with Crippen LogP contribution in [0.4, 0.5) is 0 Å². The molecule has 0 aromatic rings. The molecule has 4 nitrogen and oxygen atoms in total.